The third kappa shape index (κ3) is 14.7. The molecular formula is C20H38N2O4. The highest BCUT2D eigenvalue weighted by Crippen LogP contribution is 2.12. The third-order valence-corrected chi connectivity index (χ3v) is 4.53. The molecule has 0 aliphatic rings. The van der Waals surface area contributed by atoms with E-state index in [9.17, 15) is 14.4 Å². The fourth-order valence-electron chi connectivity index (χ4n) is 2.95. The molecule has 0 aliphatic carbocycles. The molecule has 3 N–H and O–H groups in total. The van der Waals surface area contributed by atoms with Crippen molar-refractivity contribution in [2.24, 2.45) is 0 Å². The standard InChI is InChI=1S/C20H38N2O4/c1-3-4-5-6-7-8-9-10-11-12-13-14-15-18(23)22-17(16-19(24)25)20(26)21-2/h17H,3-16H2,1-2H3,(H,21,26)(H,22,23)(H,24,25). The Labute approximate surface area is 158 Å². The molecule has 6 heteroatoms. The zero-order chi connectivity index (χ0) is 19.6. The first kappa shape index (κ1) is 24.4. The quantitative estimate of drug-likeness (QED) is 0.340. The lowest BCUT2D eigenvalue weighted by Gasteiger charge is -2.15. The smallest absolute Gasteiger partial charge is 0.305 e. The Morgan fingerprint density at radius 1 is 0.808 bits per heavy atom. The Hall–Kier alpha value is -1.59. The summed E-state index contributed by atoms with van der Waals surface area (Å²) >= 11 is 0. The Kier molecular flexibility index (Phi) is 15.8. The number of amides is 2. The summed E-state index contributed by atoms with van der Waals surface area (Å²) in [6.07, 6.45) is 14.7. The second-order valence-electron chi connectivity index (χ2n) is 6.97. The largest absolute Gasteiger partial charge is 0.481 e. The van der Waals surface area contributed by atoms with Gasteiger partial charge in [-0.05, 0) is 6.42 Å². The Morgan fingerprint density at radius 2 is 1.27 bits per heavy atom. The molecular weight excluding hydrogens is 332 g/mol. The summed E-state index contributed by atoms with van der Waals surface area (Å²) in [6.45, 7) is 2.24. The van der Waals surface area contributed by atoms with Gasteiger partial charge >= 0.3 is 5.97 Å². The van der Waals surface area contributed by atoms with Crippen LogP contribution in [0.1, 0.15) is 96.8 Å². The van der Waals surface area contributed by atoms with Crippen LogP contribution in [0.25, 0.3) is 0 Å². The van der Waals surface area contributed by atoms with Crippen LogP contribution in [-0.4, -0.2) is 36.0 Å². The normalized spacial score (nSPS) is 11.8. The minimum atomic E-state index is -1.11. The van der Waals surface area contributed by atoms with Crippen molar-refractivity contribution in [3.05, 3.63) is 0 Å². The van der Waals surface area contributed by atoms with Gasteiger partial charge in [-0.2, -0.15) is 0 Å². The van der Waals surface area contributed by atoms with Crippen LogP contribution in [0.2, 0.25) is 0 Å². The molecule has 2 amide bonds. The van der Waals surface area contributed by atoms with Gasteiger partial charge in [0.25, 0.3) is 0 Å². The zero-order valence-electron chi connectivity index (χ0n) is 16.6. The number of carboxylic acids is 1. The van der Waals surface area contributed by atoms with Crippen LogP contribution < -0.4 is 10.6 Å². The van der Waals surface area contributed by atoms with Gasteiger partial charge in [0.15, 0.2) is 0 Å². The Bertz CT molecular complexity index is 399. The zero-order valence-corrected chi connectivity index (χ0v) is 16.6. The summed E-state index contributed by atoms with van der Waals surface area (Å²) in [6, 6.07) is -0.998. The summed E-state index contributed by atoms with van der Waals surface area (Å²) < 4.78 is 0. The first-order valence-electron chi connectivity index (χ1n) is 10.2. The van der Waals surface area contributed by atoms with Crippen molar-refractivity contribution in [3.63, 3.8) is 0 Å². The lowest BCUT2D eigenvalue weighted by Crippen LogP contribution is -2.46. The van der Waals surface area contributed by atoms with Crippen molar-refractivity contribution < 1.29 is 19.5 Å². The van der Waals surface area contributed by atoms with Crippen LogP contribution in [0.3, 0.4) is 0 Å². The van der Waals surface area contributed by atoms with Gasteiger partial charge in [0.2, 0.25) is 11.8 Å². The lowest BCUT2D eigenvalue weighted by atomic mass is 10.0. The molecule has 0 heterocycles. The number of likely N-dealkylation sites (N-methyl/N-ethyl adjacent to an activating group) is 1. The van der Waals surface area contributed by atoms with Crippen LogP contribution >= 0.6 is 0 Å². The number of hydrogen-bond donors (Lipinski definition) is 3. The molecule has 0 aliphatic heterocycles. The number of nitrogens with one attached hydrogen (secondary N) is 2. The molecule has 0 aromatic rings. The van der Waals surface area contributed by atoms with Gasteiger partial charge in [0.05, 0.1) is 6.42 Å². The highest BCUT2D eigenvalue weighted by Gasteiger charge is 2.22. The van der Waals surface area contributed by atoms with Gasteiger partial charge in [-0.25, -0.2) is 0 Å². The van der Waals surface area contributed by atoms with Crippen LogP contribution in [-0.2, 0) is 14.4 Å². The molecule has 0 spiro atoms. The van der Waals surface area contributed by atoms with Gasteiger partial charge in [-0.1, -0.05) is 77.6 Å². The Morgan fingerprint density at radius 3 is 1.69 bits per heavy atom. The van der Waals surface area contributed by atoms with E-state index in [0.29, 0.717) is 6.42 Å². The molecule has 1 atom stereocenters. The molecule has 0 saturated carbocycles. The van der Waals surface area contributed by atoms with E-state index in [-0.39, 0.29) is 5.91 Å². The van der Waals surface area contributed by atoms with E-state index >= 15 is 0 Å². The highest BCUT2D eigenvalue weighted by molar-refractivity contribution is 5.90. The van der Waals surface area contributed by atoms with Crippen molar-refractivity contribution in [1.82, 2.24) is 10.6 Å². The maximum atomic E-state index is 11.9. The molecule has 0 radical (unpaired) electrons. The van der Waals surface area contributed by atoms with Crippen molar-refractivity contribution in [2.45, 2.75) is 103 Å². The summed E-state index contributed by atoms with van der Waals surface area (Å²) in [5.41, 5.74) is 0. The molecule has 0 rings (SSSR count). The van der Waals surface area contributed by atoms with E-state index in [4.69, 9.17) is 5.11 Å². The van der Waals surface area contributed by atoms with Crippen molar-refractivity contribution in [2.75, 3.05) is 7.05 Å². The summed E-state index contributed by atoms with van der Waals surface area (Å²) in [4.78, 5) is 34.2. The molecule has 0 saturated heterocycles. The number of aliphatic carboxylic acids is 1. The summed E-state index contributed by atoms with van der Waals surface area (Å²) in [7, 11) is 1.43. The molecule has 0 aromatic carbocycles. The van der Waals surface area contributed by atoms with Crippen molar-refractivity contribution >= 4 is 17.8 Å². The molecule has 0 aromatic heterocycles. The van der Waals surface area contributed by atoms with Crippen molar-refractivity contribution in [3.8, 4) is 0 Å². The third-order valence-electron chi connectivity index (χ3n) is 4.53. The molecule has 26 heavy (non-hydrogen) atoms. The number of rotatable bonds is 17. The number of carboxylic acid groups (broad SMARTS) is 1. The topological polar surface area (TPSA) is 95.5 Å². The average Bonchev–Trinajstić information content (AvgIpc) is 2.61. The second-order valence-corrected chi connectivity index (χ2v) is 6.97. The minimum Gasteiger partial charge on any atom is -0.481 e. The van der Waals surface area contributed by atoms with E-state index in [0.717, 1.165) is 19.3 Å². The highest BCUT2D eigenvalue weighted by atomic mass is 16.4. The Balaban J connectivity index is 3.60. The van der Waals surface area contributed by atoms with Gasteiger partial charge < -0.3 is 15.7 Å². The maximum Gasteiger partial charge on any atom is 0.305 e. The van der Waals surface area contributed by atoms with E-state index in [1.54, 1.807) is 0 Å². The van der Waals surface area contributed by atoms with Crippen molar-refractivity contribution in [1.29, 1.82) is 0 Å². The maximum absolute atomic E-state index is 11.9. The molecule has 1 unspecified atom stereocenters. The molecule has 152 valence electrons. The fourth-order valence-corrected chi connectivity index (χ4v) is 2.95. The number of hydrogen-bond acceptors (Lipinski definition) is 3. The first-order valence-corrected chi connectivity index (χ1v) is 10.2. The predicted octanol–water partition coefficient (Wildman–Crippen LogP) is 3.78. The van der Waals surface area contributed by atoms with Gasteiger partial charge in [0.1, 0.15) is 6.04 Å². The predicted molar refractivity (Wildman–Crippen MR) is 104 cm³/mol. The van der Waals surface area contributed by atoms with Gasteiger partial charge in [-0.3, -0.25) is 14.4 Å². The van der Waals surface area contributed by atoms with Crippen LogP contribution in [0.15, 0.2) is 0 Å². The molecule has 0 bridgehead atoms. The van der Waals surface area contributed by atoms with E-state index in [1.807, 2.05) is 0 Å². The SMILES string of the molecule is CCCCCCCCCCCCCCC(=O)NC(CC(=O)O)C(=O)NC. The number of carbonyl (C=O) groups is 3. The molecule has 6 nitrogen and oxygen atoms in total. The van der Waals surface area contributed by atoms with E-state index in [1.165, 1.54) is 64.8 Å². The van der Waals surface area contributed by atoms with Crippen LogP contribution in [0, 0.1) is 0 Å². The summed E-state index contributed by atoms with van der Waals surface area (Å²) in [5, 5.41) is 13.7. The fraction of sp³-hybridized carbons (Fsp3) is 0.850. The van der Waals surface area contributed by atoms with Gasteiger partial charge in [0, 0.05) is 13.5 Å². The van der Waals surface area contributed by atoms with Gasteiger partial charge in [-0.15, -0.1) is 0 Å². The first-order chi connectivity index (χ1) is 12.5. The van der Waals surface area contributed by atoms with Crippen LogP contribution in [0.5, 0.6) is 0 Å². The minimum absolute atomic E-state index is 0.257. The van der Waals surface area contributed by atoms with E-state index in [2.05, 4.69) is 17.6 Å². The second kappa shape index (κ2) is 16.9. The van der Waals surface area contributed by atoms with Crippen LogP contribution in [0.4, 0.5) is 0 Å². The molecule has 0 fully saturated rings. The van der Waals surface area contributed by atoms with E-state index < -0.39 is 24.3 Å². The average molecular weight is 371 g/mol. The summed E-state index contributed by atoms with van der Waals surface area (Å²) in [5.74, 6) is -1.84. The number of unbranched alkanes of at least 4 members (excludes halogenated alkanes) is 11. The lowest BCUT2D eigenvalue weighted by molar-refractivity contribution is -0.140. The monoisotopic (exact) mass is 370 g/mol. The number of carbonyl (C=O) groups excluding carboxylic acids is 2.